The third kappa shape index (κ3) is 2.04. The molecule has 0 amide bonds. The van der Waals surface area contributed by atoms with Gasteiger partial charge in [0, 0.05) is 5.56 Å². The van der Waals surface area contributed by atoms with E-state index in [1.807, 2.05) is 25.1 Å². The number of hydrogen-bond acceptors (Lipinski definition) is 3. The van der Waals surface area contributed by atoms with Crippen molar-refractivity contribution in [2.24, 2.45) is 0 Å². The molecule has 2 heterocycles. The number of Topliss-reactive ketones (excluding diaryl/α,β-unsaturated/α-hetero) is 1. The zero-order valence-corrected chi connectivity index (χ0v) is 10.5. The molecule has 2 N–H and O–H groups in total. The minimum absolute atomic E-state index is 0.0137. The zero-order chi connectivity index (χ0) is 12.5. The van der Waals surface area contributed by atoms with Crippen molar-refractivity contribution < 1.29 is 4.79 Å². The maximum atomic E-state index is 12.4. The van der Waals surface area contributed by atoms with E-state index < -0.39 is 0 Å². The first-order valence-corrected chi connectivity index (χ1v) is 6.48. The van der Waals surface area contributed by atoms with Gasteiger partial charge in [-0.25, -0.2) is 4.98 Å². The molecule has 2 aromatic rings. The first-order chi connectivity index (χ1) is 8.74. The summed E-state index contributed by atoms with van der Waals surface area (Å²) < 4.78 is 0. The molecular formula is C14H17N3O. The van der Waals surface area contributed by atoms with Crippen LogP contribution in [0.3, 0.4) is 0 Å². The summed E-state index contributed by atoms with van der Waals surface area (Å²) in [5, 5.41) is 3.30. The van der Waals surface area contributed by atoms with Gasteiger partial charge < -0.3 is 10.3 Å². The lowest BCUT2D eigenvalue weighted by atomic mass is 9.96. The Morgan fingerprint density at radius 1 is 1.39 bits per heavy atom. The molecule has 0 radical (unpaired) electrons. The molecule has 1 unspecified atom stereocenters. The van der Waals surface area contributed by atoms with Gasteiger partial charge in [0.2, 0.25) is 0 Å². The van der Waals surface area contributed by atoms with Crippen LogP contribution in [0.25, 0.3) is 11.0 Å². The second-order valence-electron chi connectivity index (χ2n) is 4.92. The smallest absolute Gasteiger partial charge is 0.179 e. The predicted molar refractivity (Wildman–Crippen MR) is 70.8 cm³/mol. The number of aromatic nitrogens is 2. The van der Waals surface area contributed by atoms with Gasteiger partial charge in [0.15, 0.2) is 5.78 Å². The number of benzene rings is 1. The van der Waals surface area contributed by atoms with Crippen molar-refractivity contribution in [3.05, 3.63) is 29.6 Å². The van der Waals surface area contributed by atoms with Gasteiger partial charge in [0.25, 0.3) is 0 Å². The van der Waals surface area contributed by atoms with Gasteiger partial charge in [0.1, 0.15) is 5.82 Å². The molecule has 1 aliphatic heterocycles. The summed E-state index contributed by atoms with van der Waals surface area (Å²) >= 11 is 0. The number of carbonyl (C=O) groups is 1. The number of H-pyrrole nitrogens is 1. The average molecular weight is 243 g/mol. The number of fused-ring (bicyclic) bond motifs is 1. The Morgan fingerprint density at radius 2 is 2.28 bits per heavy atom. The zero-order valence-electron chi connectivity index (χ0n) is 10.5. The molecule has 4 nitrogen and oxygen atoms in total. The molecule has 4 heteroatoms. The van der Waals surface area contributed by atoms with Crippen LogP contribution in [0.1, 0.15) is 35.4 Å². The van der Waals surface area contributed by atoms with E-state index in [9.17, 15) is 4.79 Å². The number of aryl methyl sites for hydroxylation is 1. The number of carbonyl (C=O) groups excluding carboxylic acids is 1. The molecule has 0 saturated carbocycles. The molecule has 0 spiro atoms. The molecule has 1 fully saturated rings. The Morgan fingerprint density at radius 3 is 3.06 bits per heavy atom. The van der Waals surface area contributed by atoms with Gasteiger partial charge in [0.05, 0.1) is 17.1 Å². The summed E-state index contributed by atoms with van der Waals surface area (Å²) in [6.07, 6.45) is 3.25. The van der Waals surface area contributed by atoms with Crippen LogP contribution in [-0.4, -0.2) is 28.3 Å². The summed E-state index contributed by atoms with van der Waals surface area (Å²) in [6.45, 7) is 2.87. The summed E-state index contributed by atoms with van der Waals surface area (Å²) in [6, 6.07) is 5.68. The van der Waals surface area contributed by atoms with Gasteiger partial charge in [-0.1, -0.05) is 6.42 Å². The Balaban J connectivity index is 1.90. The highest BCUT2D eigenvalue weighted by Crippen LogP contribution is 2.17. The van der Waals surface area contributed by atoms with Gasteiger partial charge in [-0.3, -0.25) is 4.79 Å². The highest BCUT2D eigenvalue weighted by Gasteiger charge is 2.22. The van der Waals surface area contributed by atoms with Crippen LogP contribution >= 0.6 is 0 Å². The molecular weight excluding hydrogens is 226 g/mol. The fourth-order valence-corrected chi connectivity index (χ4v) is 2.57. The van der Waals surface area contributed by atoms with Crippen LogP contribution < -0.4 is 5.32 Å². The number of nitrogens with one attached hydrogen (secondary N) is 2. The molecule has 1 aromatic heterocycles. The van der Waals surface area contributed by atoms with Crippen molar-refractivity contribution in [3.63, 3.8) is 0 Å². The summed E-state index contributed by atoms with van der Waals surface area (Å²) in [4.78, 5) is 19.9. The number of hydrogen-bond donors (Lipinski definition) is 2. The minimum atomic E-state index is -0.0137. The predicted octanol–water partition coefficient (Wildman–Crippen LogP) is 2.20. The standard InChI is InChI=1S/C14H17N3O/c1-9-16-11-6-5-10(8-13(11)17-9)14(18)12-4-2-3-7-15-12/h5-6,8,12,15H,2-4,7H2,1H3,(H,16,17). The monoisotopic (exact) mass is 243 g/mol. The van der Waals surface area contributed by atoms with Crippen molar-refractivity contribution in [1.29, 1.82) is 0 Å². The van der Waals surface area contributed by atoms with Crippen LogP contribution in [0.4, 0.5) is 0 Å². The van der Waals surface area contributed by atoms with Crippen molar-refractivity contribution in [2.75, 3.05) is 6.54 Å². The fourth-order valence-electron chi connectivity index (χ4n) is 2.57. The topological polar surface area (TPSA) is 57.8 Å². The van der Waals surface area contributed by atoms with E-state index in [2.05, 4.69) is 15.3 Å². The van der Waals surface area contributed by atoms with Gasteiger partial charge in [-0.15, -0.1) is 0 Å². The third-order valence-corrected chi connectivity index (χ3v) is 3.51. The van der Waals surface area contributed by atoms with Crippen molar-refractivity contribution in [2.45, 2.75) is 32.2 Å². The molecule has 1 atom stereocenters. The number of nitrogens with zero attached hydrogens (tertiary/aromatic N) is 1. The van der Waals surface area contributed by atoms with E-state index in [4.69, 9.17) is 0 Å². The van der Waals surface area contributed by atoms with Gasteiger partial charge in [-0.05, 0) is 44.5 Å². The van der Waals surface area contributed by atoms with E-state index in [1.165, 1.54) is 6.42 Å². The lowest BCUT2D eigenvalue weighted by Gasteiger charge is -2.22. The van der Waals surface area contributed by atoms with Crippen LogP contribution in [-0.2, 0) is 0 Å². The quantitative estimate of drug-likeness (QED) is 0.795. The van der Waals surface area contributed by atoms with Crippen molar-refractivity contribution in [3.8, 4) is 0 Å². The summed E-state index contributed by atoms with van der Waals surface area (Å²) in [7, 11) is 0. The largest absolute Gasteiger partial charge is 0.342 e. The molecule has 1 aromatic carbocycles. The second kappa shape index (κ2) is 4.53. The van der Waals surface area contributed by atoms with Crippen LogP contribution in [0.2, 0.25) is 0 Å². The van der Waals surface area contributed by atoms with E-state index in [0.717, 1.165) is 41.8 Å². The second-order valence-corrected chi connectivity index (χ2v) is 4.92. The van der Waals surface area contributed by atoms with Crippen LogP contribution in [0, 0.1) is 6.92 Å². The number of imidazole rings is 1. The Labute approximate surface area is 106 Å². The normalized spacial score (nSPS) is 20.2. The number of piperidine rings is 1. The molecule has 0 bridgehead atoms. The number of ketones is 1. The average Bonchev–Trinajstić information content (AvgIpc) is 2.78. The fraction of sp³-hybridized carbons (Fsp3) is 0.429. The van der Waals surface area contributed by atoms with Gasteiger partial charge in [-0.2, -0.15) is 0 Å². The van der Waals surface area contributed by atoms with E-state index in [0.29, 0.717) is 0 Å². The lowest BCUT2D eigenvalue weighted by molar-refractivity contribution is 0.0927. The molecule has 0 aliphatic carbocycles. The Bertz CT molecular complexity index is 582. The highest BCUT2D eigenvalue weighted by atomic mass is 16.1. The van der Waals surface area contributed by atoms with Crippen molar-refractivity contribution >= 4 is 16.8 Å². The third-order valence-electron chi connectivity index (χ3n) is 3.51. The Kier molecular flexibility index (Phi) is 2.88. The van der Waals surface area contributed by atoms with E-state index in [-0.39, 0.29) is 11.8 Å². The molecule has 94 valence electrons. The summed E-state index contributed by atoms with van der Waals surface area (Å²) in [5.74, 6) is 1.08. The lowest BCUT2D eigenvalue weighted by Crippen LogP contribution is -2.40. The molecule has 1 aliphatic rings. The first-order valence-electron chi connectivity index (χ1n) is 6.48. The number of rotatable bonds is 2. The van der Waals surface area contributed by atoms with Crippen LogP contribution in [0.5, 0.6) is 0 Å². The van der Waals surface area contributed by atoms with E-state index in [1.54, 1.807) is 0 Å². The SMILES string of the molecule is Cc1nc2ccc(C(=O)C3CCCCN3)cc2[nH]1. The van der Waals surface area contributed by atoms with Gasteiger partial charge >= 0.3 is 0 Å². The van der Waals surface area contributed by atoms with Crippen LogP contribution in [0.15, 0.2) is 18.2 Å². The maximum absolute atomic E-state index is 12.4. The first kappa shape index (κ1) is 11.4. The maximum Gasteiger partial charge on any atom is 0.179 e. The minimum Gasteiger partial charge on any atom is -0.342 e. The highest BCUT2D eigenvalue weighted by molar-refractivity contribution is 6.02. The molecule has 1 saturated heterocycles. The van der Waals surface area contributed by atoms with Crippen molar-refractivity contribution in [1.82, 2.24) is 15.3 Å². The Hall–Kier alpha value is -1.68. The molecule has 3 rings (SSSR count). The number of aromatic amines is 1. The van der Waals surface area contributed by atoms with E-state index >= 15 is 0 Å². The molecule has 18 heavy (non-hydrogen) atoms. The summed E-state index contributed by atoms with van der Waals surface area (Å²) in [5.41, 5.74) is 2.63.